The fourth-order valence-corrected chi connectivity index (χ4v) is 4.12. The van der Waals surface area contributed by atoms with Crippen LogP contribution in [0.2, 0.25) is 0 Å². The van der Waals surface area contributed by atoms with Crippen molar-refractivity contribution >= 4 is 0 Å². The van der Waals surface area contributed by atoms with Crippen LogP contribution in [0.25, 0.3) is 0 Å². The van der Waals surface area contributed by atoms with E-state index < -0.39 is 6.10 Å². The first-order valence-corrected chi connectivity index (χ1v) is 8.22. The van der Waals surface area contributed by atoms with Gasteiger partial charge in [-0.05, 0) is 43.4 Å². The molecular weight excluding hydrogens is 262 g/mol. The van der Waals surface area contributed by atoms with Gasteiger partial charge in [0.15, 0.2) is 0 Å². The van der Waals surface area contributed by atoms with Crippen LogP contribution in [0.1, 0.15) is 48.5 Å². The van der Waals surface area contributed by atoms with Crippen LogP contribution in [-0.4, -0.2) is 41.8 Å². The number of nitrogens with zero attached hydrogens (tertiary/aromatic N) is 1. The monoisotopic (exact) mass is 289 g/mol. The first kappa shape index (κ1) is 15.0. The second-order valence-electron chi connectivity index (χ2n) is 6.60. The molecule has 1 unspecified atom stereocenters. The summed E-state index contributed by atoms with van der Waals surface area (Å²) in [4.78, 5) is 2.50. The highest BCUT2D eigenvalue weighted by atomic mass is 16.5. The lowest BCUT2D eigenvalue weighted by Gasteiger charge is -2.46. The van der Waals surface area contributed by atoms with Gasteiger partial charge >= 0.3 is 0 Å². The fraction of sp³-hybridized carbons (Fsp3) is 0.667. The van der Waals surface area contributed by atoms with Crippen molar-refractivity contribution in [2.75, 3.05) is 26.3 Å². The number of aryl methyl sites for hydroxylation is 1. The Labute approximate surface area is 127 Å². The molecule has 0 radical (unpaired) electrons. The molecule has 21 heavy (non-hydrogen) atoms. The molecule has 1 saturated heterocycles. The average Bonchev–Trinajstić information content (AvgIpc) is 3.01. The summed E-state index contributed by atoms with van der Waals surface area (Å²) in [6.07, 6.45) is 4.25. The predicted molar refractivity (Wildman–Crippen MR) is 84.5 cm³/mol. The Morgan fingerprint density at radius 3 is 2.48 bits per heavy atom. The highest BCUT2D eigenvalue weighted by Gasteiger charge is 2.46. The number of rotatable bonds is 3. The molecule has 0 aromatic heterocycles. The molecule has 1 heterocycles. The van der Waals surface area contributed by atoms with Crippen LogP contribution in [0, 0.1) is 13.8 Å². The standard InChI is InChI=1S/C18H27NO2/c1-14-6-5-7-16(15(14)2)17(20)18(8-3-4-9-18)19-10-12-21-13-11-19/h5-7,17,20H,3-4,8-13H2,1-2H3. The molecule has 3 heteroatoms. The second-order valence-corrected chi connectivity index (χ2v) is 6.60. The minimum absolute atomic E-state index is 0.0810. The topological polar surface area (TPSA) is 32.7 Å². The summed E-state index contributed by atoms with van der Waals surface area (Å²) in [5, 5.41) is 11.2. The highest BCUT2D eigenvalue weighted by molar-refractivity contribution is 5.36. The molecule has 3 rings (SSSR count). The Bertz CT molecular complexity index is 488. The van der Waals surface area contributed by atoms with Crippen LogP contribution in [-0.2, 0) is 4.74 Å². The molecule has 1 aliphatic carbocycles. The van der Waals surface area contributed by atoms with Gasteiger partial charge < -0.3 is 9.84 Å². The lowest BCUT2D eigenvalue weighted by atomic mass is 9.81. The normalized spacial score (nSPS) is 24.1. The van der Waals surface area contributed by atoms with E-state index in [4.69, 9.17) is 4.74 Å². The molecule has 1 N–H and O–H groups in total. The van der Waals surface area contributed by atoms with Crippen LogP contribution in [0.3, 0.4) is 0 Å². The molecule has 0 amide bonds. The Balaban J connectivity index is 1.94. The minimum atomic E-state index is -0.391. The van der Waals surface area contributed by atoms with Gasteiger partial charge in [0.25, 0.3) is 0 Å². The van der Waals surface area contributed by atoms with Gasteiger partial charge in [-0.1, -0.05) is 31.0 Å². The third kappa shape index (κ3) is 2.63. The maximum atomic E-state index is 11.2. The molecular formula is C18H27NO2. The average molecular weight is 289 g/mol. The Kier molecular flexibility index (Phi) is 4.34. The van der Waals surface area contributed by atoms with Crippen molar-refractivity contribution in [1.82, 2.24) is 4.90 Å². The molecule has 1 aromatic rings. The molecule has 1 atom stereocenters. The maximum Gasteiger partial charge on any atom is 0.0976 e. The summed E-state index contributed by atoms with van der Waals surface area (Å²) < 4.78 is 5.51. The molecule has 1 aromatic carbocycles. The van der Waals surface area contributed by atoms with E-state index in [0.717, 1.165) is 44.7 Å². The smallest absolute Gasteiger partial charge is 0.0976 e. The highest BCUT2D eigenvalue weighted by Crippen LogP contribution is 2.45. The fourth-order valence-electron chi connectivity index (χ4n) is 4.12. The number of hydrogen-bond donors (Lipinski definition) is 1. The largest absolute Gasteiger partial charge is 0.386 e. The molecule has 1 aliphatic heterocycles. The van der Waals surface area contributed by atoms with Crippen molar-refractivity contribution in [3.63, 3.8) is 0 Å². The van der Waals surface area contributed by atoms with Gasteiger partial charge in [0.1, 0.15) is 0 Å². The van der Waals surface area contributed by atoms with Gasteiger partial charge in [-0.3, -0.25) is 4.90 Å². The van der Waals surface area contributed by atoms with Crippen LogP contribution in [0.15, 0.2) is 18.2 Å². The number of benzene rings is 1. The predicted octanol–water partition coefficient (Wildman–Crippen LogP) is 2.98. The van der Waals surface area contributed by atoms with E-state index in [0.29, 0.717) is 0 Å². The SMILES string of the molecule is Cc1cccc(C(O)C2(N3CCOCC3)CCCC2)c1C. The van der Waals surface area contributed by atoms with Crippen LogP contribution in [0.5, 0.6) is 0 Å². The van der Waals surface area contributed by atoms with Crippen molar-refractivity contribution in [2.45, 2.75) is 51.2 Å². The lowest BCUT2D eigenvalue weighted by Crippen LogP contribution is -2.55. The van der Waals surface area contributed by atoms with Gasteiger partial charge in [0.05, 0.1) is 24.9 Å². The summed E-state index contributed by atoms with van der Waals surface area (Å²) in [6.45, 7) is 7.74. The summed E-state index contributed by atoms with van der Waals surface area (Å²) in [5.74, 6) is 0. The van der Waals surface area contributed by atoms with Crippen molar-refractivity contribution in [2.24, 2.45) is 0 Å². The first-order chi connectivity index (χ1) is 10.1. The van der Waals surface area contributed by atoms with E-state index in [-0.39, 0.29) is 5.54 Å². The number of hydrogen-bond acceptors (Lipinski definition) is 3. The number of aliphatic hydroxyl groups is 1. The van der Waals surface area contributed by atoms with E-state index in [1.54, 1.807) is 0 Å². The van der Waals surface area contributed by atoms with Crippen molar-refractivity contribution in [3.8, 4) is 0 Å². The van der Waals surface area contributed by atoms with E-state index in [1.807, 2.05) is 0 Å². The zero-order valence-electron chi connectivity index (χ0n) is 13.3. The zero-order valence-corrected chi connectivity index (χ0v) is 13.3. The number of morpholine rings is 1. The second kappa shape index (κ2) is 6.07. The zero-order chi connectivity index (χ0) is 14.9. The first-order valence-electron chi connectivity index (χ1n) is 8.22. The van der Waals surface area contributed by atoms with Crippen LogP contribution >= 0.6 is 0 Å². The van der Waals surface area contributed by atoms with Gasteiger partial charge in [0, 0.05) is 13.1 Å². The molecule has 0 spiro atoms. The van der Waals surface area contributed by atoms with Crippen molar-refractivity contribution in [3.05, 3.63) is 34.9 Å². The Hall–Kier alpha value is -0.900. The lowest BCUT2D eigenvalue weighted by molar-refractivity contribution is -0.0776. The quantitative estimate of drug-likeness (QED) is 0.928. The van der Waals surface area contributed by atoms with Crippen LogP contribution < -0.4 is 0 Å². The van der Waals surface area contributed by atoms with E-state index in [2.05, 4.69) is 36.9 Å². The van der Waals surface area contributed by atoms with Crippen molar-refractivity contribution in [1.29, 1.82) is 0 Å². The van der Waals surface area contributed by atoms with Gasteiger partial charge in [-0.15, -0.1) is 0 Å². The van der Waals surface area contributed by atoms with Gasteiger partial charge in [-0.2, -0.15) is 0 Å². The summed E-state index contributed by atoms with van der Waals surface area (Å²) >= 11 is 0. The molecule has 1 saturated carbocycles. The summed E-state index contributed by atoms with van der Waals surface area (Å²) in [7, 11) is 0. The molecule has 2 fully saturated rings. The Morgan fingerprint density at radius 1 is 1.14 bits per heavy atom. The summed E-state index contributed by atoms with van der Waals surface area (Å²) in [5.41, 5.74) is 3.54. The number of ether oxygens (including phenoxy) is 1. The van der Waals surface area contributed by atoms with E-state index >= 15 is 0 Å². The van der Waals surface area contributed by atoms with Crippen molar-refractivity contribution < 1.29 is 9.84 Å². The molecule has 116 valence electrons. The molecule has 3 nitrogen and oxygen atoms in total. The minimum Gasteiger partial charge on any atom is -0.386 e. The third-order valence-electron chi connectivity index (χ3n) is 5.56. The molecule has 0 bridgehead atoms. The Morgan fingerprint density at radius 2 is 1.81 bits per heavy atom. The number of aliphatic hydroxyl groups excluding tert-OH is 1. The van der Waals surface area contributed by atoms with E-state index in [1.165, 1.54) is 24.0 Å². The van der Waals surface area contributed by atoms with Gasteiger partial charge in [-0.25, -0.2) is 0 Å². The summed E-state index contributed by atoms with van der Waals surface area (Å²) in [6, 6.07) is 6.30. The third-order valence-corrected chi connectivity index (χ3v) is 5.56. The van der Waals surface area contributed by atoms with Crippen LogP contribution in [0.4, 0.5) is 0 Å². The maximum absolute atomic E-state index is 11.2. The van der Waals surface area contributed by atoms with Gasteiger partial charge in [0.2, 0.25) is 0 Å². The van der Waals surface area contributed by atoms with E-state index in [9.17, 15) is 5.11 Å². The molecule has 2 aliphatic rings.